The molecule has 0 radical (unpaired) electrons. The summed E-state index contributed by atoms with van der Waals surface area (Å²) in [6, 6.07) is -0.709. The normalized spacial score (nSPS) is 17.1. The van der Waals surface area contributed by atoms with Gasteiger partial charge in [-0.15, -0.1) is 0 Å². The first-order chi connectivity index (χ1) is 9.15. The first-order valence-electron chi connectivity index (χ1n) is 6.59. The van der Waals surface area contributed by atoms with Crippen LogP contribution in [0.2, 0.25) is 0 Å². The highest BCUT2D eigenvalue weighted by Gasteiger charge is 2.16. The van der Waals surface area contributed by atoms with E-state index in [1.807, 2.05) is 0 Å². The second-order valence-electron chi connectivity index (χ2n) is 4.91. The Kier molecular flexibility index (Phi) is 4.54. The zero-order valence-corrected chi connectivity index (χ0v) is 11.0. The number of carboxylic acid groups (broad SMARTS) is 1. The standard InChI is InChI=1S/C13H19N3O3/c1-9(13(17)18)15-11-6-14-7-12(16-11)19-8-10-4-2-3-5-10/h6-7,9-10H,2-5,8H2,1H3,(H,15,16)(H,17,18). The number of hydrogen-bond acceptors (Lipinski definition) is 5. The minimum atomic E-state index is -0.931. The molecule has 104 valence electrons. The van der Waals surface area contributed by atoms with Gasteiger partial charge in [0.2, 0.25) is 5.88 Å². The van der Waals surface area contributed by atoms with E-state index in [9.17, 15) is 4.79 Å². The van der Waals surface area contributed by atoms with Crippen LogP contribution < -0.4 is 10.1 Å². The average molecular weight is 265 g/mol. The lowest BCUT2D eigenvalue weighted by molar-refractivity contribution is -0.137. The van der Waals surface area contributed by atoms with E-state index >= 15 is 0 Å². The smallest absolute Gasteiger partial charge is 0.325 e. The SMILES string of the molecule is CC(Nc1cncc(OCC2CCCC2)n1)C(=O)O. The maximum atomic E-state index is 10.7. The van der Waals surface area contributed by atoms with Gasteiger partial charge in [-0.3, -0.25) is 9.78 Å². The summed E-state index contributed by atoms with van der Waals surface area (Å²) in [5, 5.41) is 11.6. The van der Waals surface area contributed by atoms with Gasteiger partial charge in [0.25, 0.3) is 0 Å². The predicted octanol–water partition coefficient (Wildman–Crippen LogP) is 1.93. The van der Waals surface area contributed by atoms with Gasteiger partial charge in [0.15, 0.2) is 0 Å². The fourth-order valence-corrected chi connectivity index (χ4v) is 2.15. The van der Waals surface area contributed by atoms with Gasteiger partial charge < -0.3 is 15.2 Å². The quantitative estimate of drug-likeness (QED) is 0.817. The molecule has 1 atom stereocenters. The van der Waals surface area contributed by atoms with E-state index in [-0.39, 0.29) is 0 Å². The topological polar surface area (TPSA) is 84.3 Å². The van der Waals surface area contributed by atoms with Crippen molar-refractivity contribution in [2.75, 3.05) is 11.9 Å². The molecule has 6 nitrogen and oxygen atoms in total. The molecule has 2 N–H and O–H groups in total. The number of carbonyl (C=O) groups is 1. The van der Waals surface area contributed by atoms with Gasteiger partial charge in [-0.2, -0.15) is 4.98 Å². The number of carboxylic acids is 1. The molecular weight excluding hydrogens is 246 g/mol. The van der Waals surface area contributed by atoms with Crippen LogP contribution in [-0.4, -0.2) is 33.7 Å². The monoisotopic (exact) mass is 265 g/mol. The highest BCUT2D eigenvalue weighted by Crippen LogP contribution is 2.25. The Labute approximate surface area is 112 Å². The molecule has 1 aliphatic carbocycles. The molecule has 0 aliphatic heterocycles. The lowest BCUT2D eigenvalue weighted by Crippen LogP contribution is -2.26. The molecule has 6 heteroatoms. The molecule has 1 aromatic rings. The molecule has 1 saturated carbocycles. The van der Waals surface area contributed by atoms with Gasteiger partial charge in [0.05, 0.1) is 19.0 Å². The number of nitrogens with one attached hydrogen (secondary N) is 1. The first kappa shape index (κ1) is 13.6. The van der Waals surface area contributed by atoms with Crippen LogP contribution in [0.5, 0.6) is 5.88 Å². The van der Waals surface area contributed by atoms with Crippen molar-refractivity contribution in [1.82, 2.24) is 9.97 Å². The summed E-state index contributed by atoms with van der Waals surface area (Å²) in [5.41, 5.74) is 0. The molecule has 0 bridgehead atoms. The van der Waals surface area contributed by atoms with Crippen molar-refractivity contribution in [3.8, 4) is 5.88 Å². The number of rotatable bonds is 6. The summed E-state index contributed by atoms with van der Waals surface area (Å²) >= 11 is 0. The van der Waals surface area contributed by atoms with Gasteiger partial charge >= 0.3 is 5.97 Å². The van der Waals surface area contributed by atoms with Crippen LogP contribution in [-0.2, 0) is 4.79 Å². The lowest BCUT2D eigenvalue weighted by atomic mass is 10.1. The van der Waals surface area contributed by atoms with Gasteiger partial charge in [0, 0.05) is 0 Å². The predicted molar refractivity (Wildman–Crippen MR) is 70.2 cm³/mol. The molecule has 0 aromatic carbocycles. The molecule has 0 amide bonds. The van der Waals surface area contributed by atoms with Gasteiger partial charge in [-0.05, 0) is 25.7 Å². The number of aromatic nitrogens is 2. The molecule has 0 spiro atoms. The Morgan fingerprint density at radius 2 is 2.26 bits per heavy atom. The largest absolute Gasteiger partial charge is 0.480 e. The van der Waals surface area contributed by atoms with E-state index in [0.717, 1.165) is 0 Å². The molecule has 1 fully saturated rings. The van der Waals surface area contributed by atoms with Crippen molar-refractivity contribution in [2.24, 2.45) is 5.92 Å². The number of hydrogen-bond donors (Lipinski definition) is 2. The highest BCUT2D eigenvalue weighted by molar-refractivity contribution is 5.76. The van der Waals surface area contributed by atoms with Crippen LogP contribution in [0, 0.1) is 5.92 Å². The summed E-state index contributed by atoms with van der Waals surface area (Å²) in [5.74, 6) is 0.531. The fraction of sp³-hybridized carbons (Fsp3) is 0.615. The zero-order valence-electron chi connectivity index (χ0n) is 11.0. The van der Waals surface area contributed by atoms with Crippen LogP contribution in [0.1, 0.15) is 32.6 Å². The van der Waals surface area contributed by atoms with Crippen LogP contribution in [0.3, 0.4) is 0 Å². The minimum absolute atomic E-state index is 0.416. The summed E-state index contributed by atoms with van der Waals surface area (Å²) in [6.07, 6.45) is 8.01. The maximum Gasteiger partial charge on any atom is 0.325 e. The second-order valence-corrected chi connectivity index (χ2v) is 4.91. The number of aliphatic carboxylic acids is 1. The first-order valence-corrected chi connectivity index (χ1v) is 6.59. The Morgan fingerprint density at radius 3 is 2.95 bits per heavy atom. The fourth-order valence-electron chi connectivity index (χ4n) is 2.15. The second kappa shape index (κ2) is 6.36. The van der Waals surface area contributed by atoms with Crippen molar-refractivity contribution in [2.45, 2.75) is 38.6 Å². The van der Waals surface area contributed by atoms with Crippen molar-refractivity contribution in [1.29, 1.82) is 0 Å². The molecule has 1 aliphatic rings. The van der Waals surface area contributed by atoms with Crippen LogP contribution in [0.25, 0.3) is 0 Å². The van der Waals surface area contributed by atoms with E-state index in [2.05, 4.69) is 15.3 Å². The number of nitrogens with zero attached hydrogens (tertiary/aromatic N) is 2. The zero-order chi connectivity index (χ0) is 13.7. The number of ether oxygens (including phenoxy) is 1. The summed E-state index contributed by atoms with van der Waals surface area (Å²) in [6.45, 7) is 2.21. The Bertz CT molecular complexity index is 433. The molecule has 0 saturated heterocycles. The third-order valence-corrected chi connectivity index (χ3v) is 3.29. The van der Waals surface area contributed by atoms with Crippen molar-refractivity contribution in [3.63, 3.8) is 0 Å². The lowest BCUT2D eigenvalue weighted by Gasteiger charge is -2.12. The highest BCUT2D eigenvalue weighted by atomic mass is 16.5. The number of anilines is 1. The maximum absolute atomic E-state index is 10.7. The van der Waals surface area contributed by atoms with Gasteiger partial charge in [-0.1, -0.05) is 12.8 Å². The van der Waals surface area contributed by atoms with Crippen LogP contribution in [0.15, 0.2) is 12.4 Å². The van der Waals surface area contributed by atoms with Crippen molar-refractivity contribution < 1.29 is 14.6 Å². The molecule has 1 heterocycles. The Balaban J connectivity index is 1.88. The van der Waals surface area contributed by atoms with Gasteiger partial charge in [0.1, 0.15) is 11.9 Å². The third-order valence-electron chi connectivity index (χ3n) is 3.29. The molecule has 19 heavy (non-hydrogen) atoms. The average Bonchev–Trinajstić information content (AvgIpc) is 2.90. The van der Waals surface area contributed by atoms with Crippen molar-refractivity contribution >= 4 is 11.8 Å². The summed E-state index contributed by atoms with van der Waals surface area (Å²) in [4.78, 5) is 18.9. The van der Waals surface area contributed by atoms with Crippen LogP contribution in [0.4, 0.5) is 5.82 Å². The molecule has 2 rings (SSSR count). The van der Waals surface area contributed by atoms with E-state index in [1.54, 1.807) is 13.1 Å². The third kappa shape index (κ3) is 4.08. The van der Waals surface area contributed by atoms with Crippen molar-refractivity contribution in [3.05, 3.63) is 12.4 Å². The Hall–Kier alpha value is -1.85. The summed E-state index contributed by atoms with van der Waals surface area (Å²) < 4.78 is 5.61. The molecular formula is C13H19N3O3. The molecule has 1 aromatic heterocycles. The van der Waals surface area contributed by atoms with E-state index < -0.39 is 12.0 Å². The summed E-state index contributed by atoms with van der Waals surface area (Å²) in [7, 11) is 0. The Morgan fingerprint density at radius 1 is 1.53 bits per heavy atom. The van der Waals surface area contributed by atoms with E-state index in [1.165, 1.54) is 31.9 Å². The molecule has 1 unspecified atom stereocenters. The van der Waals surface area contributed by atoms with E-state index in [4.69, 9.17) is 9.84 Å². The van der Waals surface area contributed by atoms with Crippen LogP contribution >= 0.6 is 0 Å². The minimum Gasteiger partial charge on any atom is -0.480 e. The van der Waals surface area contributed by atoms with Gasteiger partial charge in [-0.25, -0.2) is 0 Å². The van der Waals surface area contributed by atoms with E-state index in [0.29, 0.717) is 24.2 Å².